The second-order valence-corrected chi connectivity index (χ2v) is 11.4. The van der Waals surface area contributed by atoms with Crippen molar-refractivity contribution in [2.45, 2.75) is 29.9 Å². The predicted molar refractivity (Wildman–Crippen MR) is 149 cm³/mol. The Labute approximate surface area is 231 Å². The molecule has 1 heterocycles. The number of benzene rings is 4. The molecule has 5 rings (SSSR count). The Morgan fingerprint density at radius 3 is 2.26 bits per heavy atom. The number of β-lactam (4-membered cyclic amide) rings is 1. The van der Waals surface area contributed by atoms with Crippen LogP contribution in [-0.2, 0) is 14.9 Å². The molecule has 1 aliphatic rings. The Balaban J connectivity index is 1.42. The topological polar surface area (TPSA) is 115 Å². The van der Waals surface area contributed by atoms with Gasteiger partial charge in [-0.05, 0) is 72.0 Å². The van der Waals surface area contributed by atoms with Crippen LogP contribution in [-0.4, -0.2) is 29.1 Å². The number of rotatable bonds is 8. The van der Waals surface area contributed by atoms with E-state index in [2.05, 4.69) is 0 Å². The molecule has 1 fully saturated rings. The molecule has 0 aliphatic carbocycles. The maximum absolute atomic E-state index is 13.3. The number of nitrogens with zero attached hydrogens (tertiary/aromatic N) is 1. The van der Waals surface area contributed by atoms with Crippen molar-refractivity contribution in [2.75, 3.05) is 4.90 Å². The molecule has 7 nitrogen and oxygen atoms in total. The highest BCUT2D eigenvalue weighted by molar-refractivity contribution is 7.85. The molecule has 4 aromatic rings. The van der Waals surface area contributed by atoms with Crippen molar-refractivity contribution in [3.8, 4) is 16.9 Å². The molecule has 1 saturated heterocycles. The maximum Gasteiger partial charge on any atom is 0.294 e. The molecule has 4 aromatic carbocycles. The Kier molecular flexibility index (Phi) is 7.46. The number of hydrogen-bond donors (Lipinski definition) is 3. The first-order chi connectivity index (χ1) is 18.6. The zero-order chi connectivity index (χ0) is 27.7. The van der Waals surface area contributed by atoms with Gasteiger partial charge >= 0.3 is 0 Å². The normalized spacial score (nSPS) is 18.0. The first-order valence-electron chi connectivity index (χ1n) is 12.4. The zero-order valence-electron chi connectivity index (χ0n) is 20.7. The molecule has 0 spiro atoms. The summed E-state index contributed by atoms with van der Waals surface area (Å²) >= 11 is 6.07. The second-order valence-electron chi connectivity index (χ2n) is 9.52. The summed E-state index contributed by atoms with van der Waals surface area (Å²) < 4.78 is 31.9. The Morgan fingerprint density at radius 2 is 1.62 bits per heavy atom. The number of halogens is 1. The molecule has 1 amide bonds. The van der Waals surface area contributed by atoms with E-state index in [-0.39, 0.29) is 22.6 Å². The van der Waals surface area contributed by atoms with E-state index in [1.807, 2.05) is 36.4 Å². The smallest absolute Gasteiger partial charge is 0.294 e. The molecule has 39 heavy (non-hydrogen) atoms. The number of hydrogen-bond acceptors (Lipinski definition) is 5. The Bertz CT molecular complexity index is 1610. The molecular weight excluding hydrogens is 538 g/mol. The summed E-state index contributed by atoms with van der Waals surface area (Å²) in [6.07, 6.45) is 0.0182. The van der Waals surface area contributed by atoms with E-state index in [4.69, 9.17) is 11.6 Å². The monoisotopic (exact) mass is 563 g/mol. The molecule has 0 unspecified atom stereocenters. The highest BCUT2D eigenvalue weighted by atomic mass is 35.5. The third kappa shape index (κ3) is 5.55. The molecule has 0 bridgehead atoms. The summed E-state index contributed by atoms with van der Waals surface area (Å²) in [5.74, 6) is -0.496. The Hall–Kier alpha value is -3.69. The number of amides is 1. The van der Waals surface area contributed by atoms with E-state index in [0.29, 0.717) is 34.6 Å². The van der Waals surface area contributed by atoms with Gasteiger partial charge in [0.25, 0.3) is 10.1 Å². The average Bonchev–Trinajstić information content (AvgIpc) is 2.91. The van der Waals surface area contributed by atoms with Crippen LogP contribution in [0, 0.1) is 5.92 Å². The van der Waals surface area contributed by atoms with Gasteiger partial charge in [0.05, 0.1) is 23.0 Å². The van der Waals surface area contributed by atoms with Gasteiger partial charge in [-0.3, -0.25) is 9.35 Å². The van der Waals surface area contributed by atoms with Crippen LogP contribution >= 0.6 is 11.6 Å². The van der Waals surface area contributed by atoms with Gasteiger partial charge < -0.3 is 15.1 Å². The van der Waals surface area contributed by atoms with Crippen LogP contribution in [0.1, 0.15) is 36.1 Å². The summed E-state index contributed by atoms with van der Waals surface area (Å²) in [4.78, 5) is 14.8. The van der Waals surface area contributed by atoms with Crippen molar-refractivity contribution in [3.05, 3.63) is 113 Å². The van der Waals surface area contributed by atoms with Gasteiger partial charge in [0.2, 0.25) is 5.91 Å². The minimum atomic E-state index is -4.33. The van der Waals surface area contributed by atoms with Crippen LogP contribution in [0.3, 0.4) is 0 Å². The molecular formula is C30H26ClNO6S. The van der Waals surface area contributed by atoms with Crippen LogP contribution in [0.5, 0.6) is 5.75 Å². The summed E-state index contributed by atoms with van der Waals surface area (Å²) in [7, 11) is -4.33. The first-order valence-corrected chi connectivity index (χ1v) is 14.2. The molecule has 3 N–H and O–H groups in total. The Morgan fingerprint density at radius 1 is 0.897 bits per heavy atom. The molecule has 9 heteroatoms. The number of aromatic hydroxyl groups is 1. The standard InChI is InChI=1S/C30H26ClNO6S/c31-22-6-4-5-20(17-22)27(33)16-15-26-29(32(30(26)35)23-7-2-1-3-8-23)21-11-14-25(28(34)18-21)19-9-12-24(13-10-19)39(36,37)38/h1-14,17-18,26-27,29,33-34H,15-16H2,(H,36,37,38)/t26-,27+,29-/m1/s1. The van der Waals surface area contributed by atoms with Crippen LogP contribution < -0.4 is 4.90 Å². The lowest BCUT2D eigenvalue weighted by molar-refractivity contribution is -0.131. The van der Waals surface area contributed by atoms with Gasteiger partial charge in [-0.1, -0.05) is 66.2 Å². The molecule has 0 saturated carbocycles. The fraction of sp³-hybridized carbons (Fsp3) is 0.167. The van der Waals surface area contributed by atoms with Gasteiger partial charge in [0.1, 0.15) is 5.75 Å². The van der Waals surface area contributed by atoms with Gasteiger partial charge in [0, 0.05) is 16.3 Å². The molecule has 3 atom stereocenters. The number of carbonyl (C=O) groups is 1. The summed E-state index contributed by atoms with van der Waals surface area (Å²) in [5, 5.41) is 22.2. The van der Waals surface area contributed by atoms with Crippen molar-refractivity contribution in [1.82, 2.24) is 0 Å². The number of phenolic OH excluding ortho intramolecular Hbond substituents is 1. The van der Waals surface area contributed by atoms with E-state index in [1.165, 1.54) is 24.3 Å². The van der Waals surface area contributed by atoms with Crippen molar-refractivity contribution >= 4 is 33.3 Å². The van der Waals surface area contributed by atoms with E-state index in [0.717, 1.165) is 11.3 Å². The number of aliphatic hydroxyl groups excluding tert-OH is 1. The summed E-state index contributed by atoms with van der Waals surface area (Å²) in [5.41, 5.74) is 3.20. The van der Waals surface area contributed by atoms with Crippen molar-refractivity contribution in [1.29, 1.82) is 0 Å². The minimum absolute atomic E-state index is 0.0304. The highest BCUT2D eigenvalue weighted by Gasteiger charge is 2.48. The van der Waals surface area contributed by atoms with Gasteiger partial charge in [-0.25, -0.2) is 0 Å². The molecule has 200 valence electrons. The van der Waals surface area contributed by atoms with Crippen LogP contribution in [0.4, 0.5) is 5.69 Å². The van der Waals surface area contributed by atoms with E-state index >= 15 is 0 Å². The van der Waals surface area contributed by atoms with Gasteiger partial charge in [-0.15, -0.1) is 0 Å². The van der Waals surface area contributed by atoms with Crippen LogP contribution in [0.15, 0.2) is 102 Å². The number of para-hydroxylation sites is 1. The summed E-state index contributed by atoms with van der Waals surface area (Å²) in [6, 6.07) is 26.6. The molecule has 0 radical (unpaired) electrons. The fourth-order valence-corrected chi connectivity index (χ4v) is 5.77. The van der Waals surface area contributed by atoms with Gasteiger partial charge in [0.15, 0.2) is 0 Å². The maximum atomic E-state index is 13.3. The van der Waals surface area contributed by atoms with E-state index in [1.54, 1.807) is 41.3 Å². The van der Waals surface area contributed by atoms with E-state index in [9.17, 15) is 28.0 Å². The fourth-order valence-electron chi connectivity index (χ4n) is 5.09. The van der Waals surface area contributed by atoms with Crippen LogP contribution in [0.2, 0.25) is 5.02 Å². The third-order valence-electron chi connectivity index (χ3n) is 7.06. The van der Waals surface area contributed by atoms with Crippen molar-refractivity contribution < 1.29 is 28.0 Å². The van der Waals surface area contributed by atoms with E-state index < -0.39 is 22.1 Å². The van der Waals surface area contributed by atoms with Crippen LogP contribution in [0.25, 0.3) is 11.1 Å². The average molecular weight is 564 g/mol. The lowest BCUT2D eigenvalue weighted by Crippen LogP contribution is -2.55. The lowest BCUT2D eigenvalue weighted by Gasteiger charge is -2.48. The number of carbonyl (C=O) groups excluding carboxylic acids is 1. The molecule has 0 aromatic heterocycles. The van der Waals surface area contributed by atoms with Crippen molar-refractivity contribution in [3.63, 3.8) is 0 Å². The molecule has 1 aliphatic heterocycles. The second kappa shape index (κ2) is 10.8. The predicted octanol–water partition coefficient (Wildman–Crippen LogP) is 6.18. The lowest BCUT2D eigenvalue weighted by atomic mass is 9.78. The third-order valence-corrected chi connectivity index (χ3v) is 8.16. The highest BCUT2D eigenvalue weighted by Crippen LogP contribution is 2.47. The van der Waals surface area contributed by atoms with Gasteiger partial charge in [-0.2, -0.15) is 8.42 Å². The quantitative estimate of drug-likeness (QED) is 0.174. The number of aliphatic hydroxyl groups is 1. The SMILES string of the molecule is O=C1[C@H](CC[C@H](O)c2cccc(Cl)c2)[C@@H](c2ccc(-c3ccc(S(=O)(=O)O)cc3)c(O)c2)N1c1ccccc1. The zero-order valence-corrected chi connectivity index (χ0v) is 22.3. The largest absolute Gasteiger partial charge is 0.507 e. The number of anilines is 1. The van der Waals surface area contributed by atoms with Crippen molar-refractivity contribution in [2.24, 2.45) is 5.92 Å². The first kappa shape index (κ1) is 26.9. The number of phenols is 1. The summed E-state index contributed by atoms with van der Waals surface area (Å²) in [6.45, 7) is 0. The minimum Gasteiger partial charge on any atom is -0.507 e.